The first-order chi connectivity index (χ1) is 9.58. The van der Waals surface area contributed by atoms with Crippen molar-refractivity contribution >= 4 is 21.6 Å². The molecule has 0 unspecified atom stereocenters. The molecule has 0 fully saturated rings. The van der Waals surface area contributed by atoms with Crippen molar-refractivity contribution in [3.63, 3.8) is 0 Å². The monoisotopic (exact) mass is 333 g/mol. The molecule has 0 bridgehead atoms. The summed E-state index contributed by atoms with van der Waals surface area (Å²) >= 11 is 3.60. The first kappa shape index (κ1) is 15.0. The fourth-order valence-corrected chi connectivity index (χ4v) is 2.83. The van der Waals surface area contributed by atoms with E-state index in [-0.39, 0.29) is 6.04 Å². The van der Waals surface area contributed by atoms with Crippen LogP contribution in [0.4, 0.5) is 5.69 Å². The second-order valence-electron chi connectivity index (χ2n) is 5.02. The Labute approximate surface area is 129 Å². The normalized spacial score (nSPS) is 12.2. The number of benzene rings is 1. The molecule has 1 aromatic heterocycles. The average molecular weight is 334 g/mol. The average Bonchev–Trinajstić information content (AvgIpc) is 2.45. The lowest BCUT2D eigenvalue weighted by Crippen LogP contribution is -2.20. The molecule has 0 spiro atoms. The van der Waals surface area contributed by atoms with E-state index >= 15 is 0 Å². The van der Waals surface area contributed by atoms with Gasteiger partial charge in [0.25, 0.3) is 0 Å². The molecule has 1 atom stereocenters. The zero-order valence-electron chi connectivity index (χ0n) is 11.9. The minimum absolute atomic E-state index is 0.0422. The zero-order chi connectivity index (χ0) is 14.5. The minimum Gasteiger partial charge on any atom is -0.374 e. The maximum atomic E-state index is 5.93. The van der Waals surface area contributed by atoms with Gasteiger partial charge in [-0.25, -0.2) is 0 Å². The molecule has 0 saturated carbocycles. The summed E-state index contributed by atoms with van der Waals surface area (Å²) in [5.41, 5.74) is 9.56. The predicted octanol–water partition coefficient (Wildman–Crippen LogP) is 3.54. The van der Waals surface area contributed by atoms with Crippen LogP contribution in [0.25, 0.3) is 0 Å². The van der Waals surface area contributed by atoms with Gasteiger partial charge in [-0.05, 0) is 48.7 Å². The number of nitrogens with two attached hydrogens (primary N) is 1. The molecule has 2 rings (SSSR count). The molecule has 20 heavy (non-hydrogen) atoms. The molecular weight excluding hydrogens is 314 g/mol. The maximum Gasteiger partial charge on any atom is 0.0375 e. The zero-order valence-corrected chi connectivity index (χ0v) is 13.5. The van der Waals surface area contributed by atoms with Crippen LogP contribution >= 0.6 is 15.9 Å². The van der Waals surface area contributed by atoms with Crippen molar-refractivity contribution in [3.05, 3.63) is 58.3 Å². The van der Waals surface area contributed by atoms with Crippen LogP contribution in [0.5, 0.6) is 0 Å². The summed E-state index contributed by atoms with van der Waals surface area (Å²) in [6.07, 6.45) is 4.68. The summed E-state index contributed by atoms with van der Waals surface area (Å²) in [6, 6.07) is 10.5. The van der Waals surface area contributed by atoms with E-state index in [1.165, 1.54) is 11.3 Å². The van der Waals surface area contributed by atoms with Gasteiger partial charge >= 0.3 is 0 Å². The lowest BCUT2D eigenvalue weighted by atomic mass is 10.1. The van der Waals surface area contributed by atoms with Crippen molar-refractivity contribution in [2.75, 3.05) is 18.5 Å². The predicted molar refractivity (Wildman–Crippen MR) is 88.0 cm³/mol. The van der Waals surface area contributed by atoms with E-state index in [1.807, 2.05) is 19.3 Å². The van der Waals surface area contributed by atoms with Gasteiger partial charge in [0.1, 0.15) is 0 Å². The van der Waals surface area contributed by atoms with E-state index in [4.69, 9.17) is 5.73 Å². The van der Waals surface area contributed by atoms with Crippen LogP contribution < -0.4 is 10.6 Å². The number of halogens is 1. The van der Waals surface area contributed by atoms with Crippen molar-refractivity contribution in [1.29, 1.82) is 0 Å². The third kappa shape index (κ3) is 3.81. The molecule has 0 aliphatic carbocycles. The summed E-state index contributed by atoms with van der Waals surface area (Å²) in [6.45, 7) is 2.96. The molecule has 0 radical (unpaired) electrons. The van der Waals surface area contributed by atoms with Crippen LogP contribution in [-0.2, 0) is 6.42 Å². The number of aromatic nitrogens is 1. The molecule has 2 aromatic rings. The van der Waals surface area contributed by atoms with Crippen molar-refractivity contribution in [3.8, 4) is 0 Å². The topological polar surface area (TPSA) is 42.1 Å². The Bertz CT molecular complexity index is 555. The molecule has 4 heteroatoms. The highest BCUT2D eigenvalue weighted by atomic mass is 79.9. The van der Waals surface area contributed by atoms with Crippen LogP contribution in [-0.4, -0.2) is 18.6 Å². The number of rotatable bonds is 5. The highest BCUT2D eigenvalue weighted by molar-refractivity contribution is 9.10. The number of pyridine rings is 1. The molecule has 3 nitrogen and oxygen atoms in total. The maximum absolute atomic E-state index is 5.93. The summed E-state index contributed by atoms with van der Waals surface area (Å²) in [5.74, 6) is 0. The Balaban J connectivity index is 2.02. The molecule has 0 aliphatic heterocycles. The van der Waals surface area contributed by atoms with Gasteiger partial charge in [-0.3, -0.25) is 4.98 Å². The molecule has 0 saturated heterocycles. The quantitative estimate of drug-likeness (QED) is 0.909. The van der Waals surface area contributed by atoms with Gasteiger partial charge < -0.3 is 10.6 Å². The lowest BCUT2D eigenvalue weighted by molar-refractivity contribution is 0.811. The Morgan fingerprint density at radius 1 is 1.25 bits per heavy atom. The van der Waals surface area contributed by atoms with Gasteiger partial charge in [0.05, 0.1) is 0 Å². The van der Waals surface area contributed by atoms with Crippen LogP contribution in [0.1, 0.15) is 24.1 Å². The number of anilines is 1. The van der Waals surface area contributed by atoms with Crippen LogP contribution in [0.15, 0.2) is 47.2 Å². The first-order valence-electron chi connectivity index (χ1n) is 6.73. The van der Waals surface area contributed by atoms with E-state index < -0.39 is 0 Å². The Kier molecular flexibility index (Phi) is 5.15. The fraction of sp³-hybridized carbons (Fsp3) is 0.312. The standard InChI is InChI=1S/C16H20BrN3/c1-12(18)15-4-3-14(11-16(15)17)20(2)10-7-13-5-8-19-9-6-13/h3-6,8-9,11-12H,7,10,18H2,1-2H3/t12-/m0/s1. The summed E-state index contributed by atoms with van der Waals surface area (Å²) in [7, 11) is 2.11. The molecule has 106 valence electrons. The van der Waals surface area contributed by atoms with E-state index in [1.54, 1.807) is 0 Å². The second kappa shape index (κ2) is 6.86. The van der Waals surface area contributed by atoms with Gasteiger partial charge in [-0.2, -0.15) is 0 Å². The summed E-state index contributed by atoms with van der Waals surface area (Å²) in [5, 5.41) is 0. The first-order valence-corrected chi connectivity index (χ1v) is 7.52. The Morgan fingerprint density at radius 3 is 2.55 bits per heavy atom. The van der Waals surface area contributed by atoms with Gasteiger partial charge in [0.15, 0.2) is 0 Å². The summed E-state index contributed by atoms with van der Waals surface area (Å²) in [4.78, 5) is 6.28. The highest BCUT2D eigenvalue weighted by Gasteiger charge is 2.08. The minimum atomic E-state index is 0.0422. The van der Waals surface area contributed by atoms with Gasteiger partial charge in [0.2, 0.25) is 0 Å². The van der Waals surface area contributed by atoms with Crippen molar-refractivity contribution in [1.82, 2.24) is 4.98 Å². The van der Waals surface area contributed by atoms with Crippen LogP contribution in [0, 0.1) is 0 Å². The SMILES string of the molecule is C[C@H](N)c1ccc(N(C)CCc2ccncc2)cc1Br. The van der Waals surface area contributed by atoms with Gasteiger partial charge in [-0.1, -0.05) is 22.0 Å². The molecule has 0 aliphatic rings. The van der Waals surface area contributed by atoms with E-state index in [0.717, 1.165) is 23.0 Å². The van der Waals surface area contributed by atoms with Crippen LogP contribution in [0.2, 0.25) is 0 Å². The van der Waals surface area contributed by atoms with Crippen molar-refractivity contribution in [2.24, 2.45) is 5.73 Å². The largest absolute Gasteiger partial charge is 0.374 e. The number of nitrogens with zero attached hydrogens (tertiary/aromatic N) is 2. The van der Waals surface area contributed by atoms with E-state index in [9.17, 15) is 0 Å². The van der Waals surface area contributed by atoms with Gasteiger partial charge in [-0.15, -0.1) is 0 Å². The highest BCUT2D eigenvalue weighted by Crippen LogP contribution is 2.27. The molecule has 1 aromatic carbocycles. The van der Waals surface area contributed by atoms with Crippen LogP contribution in [0.3, 0.4) is 0 Å². The second-order valence-corrected chi connectivity index (χ2v) is 5.88. The number of likely N-dealkylation sites (N-methyl/N-ethyl adjacent to an activating group) is 1. The molecule has 1 heterocycles. The van der Waals surface area contributed by atoms with Gasteiger partial charge in [0, 0.05) is 42.2 Å². The third-order valence-electron chi connectivity index (χ3n) is 3.40. The third-order valence-corrected chi connectivity index (χ3v) is 4.09. The molecule has 0 amide bonds. The summed E-state index contributed by atoms with van der Waals surface area (Å²) < 4.78 is 1.07. The Hall–Kier alpha value is -1.39. The van der Waals surface area contributed by atoms with Crippen molar-refractivity contribution in [2.45, 2.75) is 19.4 Å². The lowest BCUT2D eigenvalue weighted by Gasteiger charge is -2.21. The smallest absolute Gasteiger partial charge is 0.0375 e. The number of hydrogen-bond donors (Lipinski definition) is 1. The molecule has 2 N–H and O–H groups in total. The molecular formula is C16H20BrN3. The Morgan fingerprint density at radius 2 is 1.95 bits per heavy atom. The van der Waals surface area contributed by atoms with E-state index in [2.05, 4.69) is 63.2 Å². The fourth-order valence-electron chi connectivity index (χ4n) is 2.10. The van der Waals surface area contributed by atoms with E-state index in [0.29, 0.717) is 0 Å². The number of hydrogen-bond acceptors (Lipinski definition) is 3. The van der Waals surface area contributed by atoms with Crippen molar-refractivity contribution < 1.29 is 0 Å².